The van der Waals surface area contributed by atoms with E-state index in [-0.39, 0.29) is 5.56 Å². The molecule has 0 radical (unpaired) electrons. The molecule has 19 heavy (non-hydrogen) atoms. The van der Waals surface area contributed by atoms with Gasteiger partial charge < -0.3 is 5.11 Å². The number of aryl methyl sites for hydroxylation is 2. The molecule has 1 aliphatic rings. The van der Waals surface area contributed by atoms with Crippen molar-refractivity contribution in [2.75, 3.05) is 0 Å². The van der Waals surface area contributed by atoms with Crippen molar-refractivity contribution in [1.82, 2.24) is 9.97 Å². The molecule has 0 saturated carbocycles. The smallest absolute Gasteiger partial charge is 0.340 e. The first-order chi connectivity index (χ1) is 9.11. The van der Waals surface area contributed by atoms with E-state index in [1.165, 1.54) is 0 Å². The Kier molecular flexibility index (Phi) is 4.58. The second kappa shape index (κ2) is 6.19. The summed E-state index contributed by atoms with van der Waals surface area (Å²) in [6.07, 6.45) is 8.38. The van der Waals surface area contributed by atoms with Crippen LogP contribution in [0.1, 0.15) is 48.1 Å². The number of rotatable bonds is 4. The third-order valence-corrected chi connectivity index (χ3v) is 4.32. The Hall–Kier alpha value is -1.36. The minimum atomic E-state index is -0.942. The lowest BCUT2D eigenvalue weighted by atomic mass is 10.1. The van der Waals surface area contributed by atoms with E-state index in [1.807, 2.05) is 6.92 Å². The predicted octanol–water partition coefficient (Wildman–Crippen LogP) is 3.25. The zero-order valence-electron chi connectivity index (χ0n) is 11.2. The van der Waals surface area contributed by atoms with Crippen LogP contribution in [0.4, 0.5) is 0 Å². The summed E-state index contributed by atoms with van der Waals surface area (Å²) >= 11 is 1.54. The lowest BCUT2D eigenvalue weighted by molar-refractivity contribution is 0.0690. The van der Waals surface area contributed by atoms with Gasteiger partial charge in [-0.25, -0.2) is 14.8 Å². The fourth-order valence-electron chi connectivity index (χ4n) is 2.11. The molecule has 0 bridgehead atoms. The third-order valence-electron chi connectivity index (χ3n) is 3.11. The molecule has 2 rings (SSSR count). The lowest BCUT2D eigenvalue weighted by Crippen LogP contribution is -2.12. The molecule has 0 aromatic carbocycles. The van der Waals surface area contributed by atoms with Crippen LogP contribution in [0.2, 0.25) is 0 Å². The molecule has 1 unspecified atom stereocenters. The first-order valence-corrected chi connectivity index (χ1v) is 7.44. The van der Waals surface area contributed by atoms with Crippen molar-refractivity contribution in [1.29, 1.82) is 0 Å². The number of carboxylic acid groups (broad SMARTS) is 1. The van der Waals surface area contributed by atoms with Gasteiger partial charge in [-0.15, -0.1) is 0 Å². The second-order valence-electron chi connectivity index (χ2n) is 4.58. The van der Waals surface area contributed by atoms with Crippen LogP contribution in [0.25, 0.3) is 0 Å². The van der Waals surface area contributed by atoms with Gasteiger partial charge in [0.05, 0.1) is 5.69 Å². The zero-order chi connectivity index (χ0) is 13.8. The van der Waals surface area contributed by atoms with Gasteiger partial charge in [0.2, 0.25) is 0 Å². The molecule has 1 aromatic rings. The summed E-state index contributed by atoms with van der Waals surface area (Å²) < 4.78 is 0. The molecule has 1 N–H and O–H groups in total. The number of thioether (sulfide) groups is 1. The molecular weight excluding hydrogens is 260 g/mol. The lowest BCUT2D eigenvalue weighted by Gasteiger charge is -2.17. The van der Waals surface area contributed by atoms with E-state index in [9.17, 15) is 9.90 Å². The fourth-order valence-corrected chi connectivity index (χ4v) is 3.39. The highest BCUT2D eigenvalue weighted by atomic mass is 32.2. The highest BCUT2D eigenvalue weighted by Gasteiger charge is 2.21. The minimum Gasteiger partial charge on any atom is -0.478 e. The van der Waals surface area contributed by atoms with Crippen LogP contribution < -0.4 is 0 Å². The molecule has 102 valence electrons. The Morgan fingerprint density at radius 3 is 2.89 bits per heavy atom. The number of aromatic carboxylic acids is 1. The molecule has 0 amide bonds. The van der Waals surface area contributed by atoms with Crippen LogP contribution >= 0.6 is 11.8 Å². The number of aromatic nitrogens is 2. The van der Waals surface area contributed by atoms with E-state index in [4.69, 9.17) is 0 Å². The van der Waals surface area contributed by atoms with Crippen molar-refractivity contribution in [3.8, 4) is 0 Å². The van der Waals surface area contributed by atoms with Gasteiger partial charge in [-0.1, -0.05) is 30.8 Å². The Bertz CT molecular complexity index is 514. The number of carboxylic acids is 1. The number of hydrogen-bond acceptors (Lipinski definition) is 4. The summed E-state index contributed by atoms with van der Waals surface area (Å²) in [5, 5.41) is 10.3. The normalized spacial score (nSPS) is 18.5. The molecule has 1 aromatic heterocycles. The van der Waals surface area contributed by atoms with Gasteiger partial charge in [-0.2, -0.15) is 0 Å². The third kappa shape index (κ3) is 3.35. The van der Waals surface area contributed by atoms with Gasteiger partial charge in [-0.3, -0.25) is 0 Å². The quantitative estimate of drug-likeness (QED) is 0.676. The highest BCUT2D eigenvalue weighted by molar-refractivity contribution is 8.00. The number of allylic oxidation sites excluding steroid dienone is 1. The predicted molar refractivity (Wildman–Crippen MR) is 75.7 cm³/mol. The van der Waals surface area contributed by atoms with E-state index >= 15 is 0 Å². The maximum absolute atomic E-state index is 11.4. The topological polar surface area (TPSA) is 63.1 Å². The van der Waals surface area contributed by atoms with Gasteiger partial charge in [0.15, 0.2) is 0 Å². The summed E-state index contributed by atoms with van der Waals surface area (Å²) in [6.45, 7) is 3.72. The summed E-state index contributed by atoms with van der Waals surface area (Å²) in [6, 6.07) is 0. The summed E-state index contributed by atoms with van der Waals surface area (Å²) in [5.41, 5.74) is 0.808. The molecule has 4 nitrogen and oxygen atoms in total. The minimum absolute atomic E-state index is 0.251. The van der Waals surface area contributed by atoms with E-state index in [1.54, 1.807) is 18.7 Å². The highest BCUT2D eigenvalue weighted by Crippen LogP contribution is 2.32. The van der Waals surface area contributed by atoms with Crippen molar-refractivity contribution in [2.45, 2.75) is 49.8 Å². The van der Waals surface area contributed by atoms with Crippen molar-refractivity contribution in [2.24, 2.45) is 0 Å². The van der Waals surface area contributed by atoms with Gasteiger partial charge in [0, 0.05) is 11.7 Å². The molecule has 0 fully saturated rings. The van der Waals surface area contributed by atoms with Crippen LogP contribution in [0.5, 0.6) is 0 Å². The molecule has 0 spiro atoms. The zero-order valence-corrected chi connectivity index (χ0v) is 12.0. The SMILES string of the molecule is CCc1nc(C)c(C(=O)O)c(SC2C=CCCC2)n1. The first-order valence-electron chi connectivity index (χ1n) is 6.56. The number of nitrogens with zero attached hydrogens (tertiary/aromatic N) is 2. The van der Waals surface area contributed by atoms with Gasteiger partial charge in [-0.05, 0) is 26.2 Å². The van der Waals surface area contributed by atoms with Crippen LogP contribution in [0, 0.1) is 6.92 Å². The molecule has 0 saturated heterocycles. The van der Waals surface area contributed by atoms with Crippen LogP contribution in [0.3, 0.4) is 0 Å². The standard InChI is InChI=1S/C14H18N2O2S/c1-3-11-15-9(2)12(14(17)18)13(16-11)19-10-7-5-4-6-8-10/h5,7,10H,3-4,6,8H2,1-2H3,(H,17,18). The summed E-state index contributed by atoms with van der Waals surface area (Å²) in [4.78, 5) is 20.0. The van der Waals surface area contributed by atoms with Gasteiger partial charge >= 0.3 is 5.97 Å². The largest absolute Gasteiger partial charge is 0.478 e. The Labute approximate surface area is 117 Å². The van der Waals surface area contributed by atoms with Gasteiger partial charge in [0.25, 0.3) is 0 Å². The Morgan fingerprint density at radius 1 is 1.53 bits per heavy atom. The Morgan fingerprint density at radius 2 is 2.32 bits per heavy atom. The summed E-state index contributed by atoms with van der Waals surface area (Å²) in [5.74, 6) is -0.229. The molecule has 1 heterocycles. The van der Waals surface area contributed by atoms with Crippen LogP contribution in [0.15, 0.2) is 17.2 Å². The average molecular weight is 278 g/mol. The van der Waals surface area contributed by atoms with Gasteiger partial charge in [0.1, 0.15) is 16.4 Å². The second-order valence-corrected chi connectivity index (χ2v) is 5.81. The van der Waals surface area contributed by atoms with Crippen molar-refractivity contribution >= 4 is 17.7 Å². The maximum Gasteiger partial charge on any atom is 0.340 e. The van der Waals surface area contributed by atoms with Crippen molar-refractivity contribution < 1.29 is 9.90 Å². The van der Waals surface area contributed by atoms with E-state index < -0.39 is 5.97 Å². The number of hydrogen-bond donors (Lipinski definition) is 1. The molecule has 5 heteroatoms. The van der Waals surface area contributed by atoms with Crippen LogP contribution in [-0.4, -0.2) is 26.3 Å². The fraction of sp³-hybridized carbons (Fsp3) is 0.500. The van der Waals surface area contributed by atoms with E-state index in [0.717, 1.165) is 25.7 Å². The molecule has 0 aliphatic heterocycles. The average Bonchev–Trinajstić information content (AvgIpc) is 2.38. The molecular formula is C14H18N2O2S. The Balaban J connectivity index is 2.35. The van der Waals surface area contributed by atoms with Crippen LogP contribution in [-0.2, 0) is 6.42 Å². The van der Waals surface area contributed by atoms with E-state index in [0.29, 0.717) is 21.8 Å². The molecule has 1 aliphatic carbocycles. The van der Waals surface area contributed by atoms with Crippen molar-refractivity contribution in [3.63, 3.8) is 0 Å². The summed E-state index contributed by atoms with van der Waals surface area (Å²) in [7, 11) is 0. The maximum atomic E-state index is 11.4. The molecule has 1 atom stereocenters. The monoisotopic (exact) mass is 278 g/mol. The first kappa shape index (κ1) is 14.1. The van der Waals surface area contributed by atoms with Crippen molar-refractivity contribution in [3.05, 3.63) is 29.2 Å². The van der Waals surface area contributed by atoms with E-state index in [2.05, 4.69) is 22.1 Å². The number of carbonyl (C=O) groups is 1.